The number of ether oxygens (including phenoxy) is 9. The second-order valence-corrected chi connectivity index (χ2v) is 15.9. The zero-order valence-corrected chi connectivity index (χ0v) is 33.2. The Morgan fingerprint density at radius 1 is 0.949 bits per heavy atom. The van der Waals surface area contributed by atoms with Gasteiger partial charge in [0.05, 0.1) is 51.0 Å². The van der Waals surface area contributed by atoms with E-state index in [1.165, 1.54) is 20.1 Å². The molecule has 5 aliphatic rings. The molecule has 21 nitrogen and oxygen atoms in total. The number of carbonyl (C=O) groups excluding carboxylic acids is 2. The van der Waals surface area contributed by atoms with Crippen LogP contribution in [-0.4, -0.2) is 194 Å². The number of aliphatic hydroxyl groups is 10. The number of fused-ring (bicyclic) bond motifs is 1. The molecule has 1 saturated carbocycles. The molecular formula is C38H58O21. The molecule has 336 valence electrons. The Kier molecular flexibility index (Phi) is 15.7. The number of esters is 2. The first-order valence-electron chi connectivity index (χ1n) is 19.4. The fraction of sp³-hybridized carbons (Fsp3) is 0.789. The molecule has 0 aromatic heterocycles. The van der Waals surface area contributed by atoms with Crippen LogP contribution < -0.4 is 0 Å². The molecule has 5 rings (SSSR count). The first kappa shape index (κ1) is 47.4. The summed E-state index contributed by atoms with van der Waals surface area (Å²) < 4.78 is 50.5. The van der Waals surface area contributed by atoms with Crippen LogP contribution in [0.2, 0.25) is 0 Å². The highest BCUT2D eigenvalue weighted by Gasteiger charge is 2.55. The third-order valence-corrected chi connectivity index (χ3v) is 11.9. The molecule has 19 atom stereocenters. The van der Waals surface area contributed by atoms with Crippen molar-refractivity contribution >= 4 is 11.9 Å². The van der Waals surface area contributed by atoms with Crippen molar-refractivity contribution in [3.8, 4) is 0 Å². The van der Waals surface area contributed by atoms with E-state index in [2.05, 4.69) is 6.58 Å². The van der Waals surface area contributed by atoms with Crippen LogP contribution in [0.3, 0.4) is 0 Å². The van der Waals surface area contributed by atoms with Crippen LogP contribution >= 0.6 is 0 Å². The third kappa shape index (κ3) is 10.0. The first-order chi connectivity index (χ1) is 27.8. The van der Waals surface area contributed by atoms with E-state index in [0.717, 1.165) is 6.26 Å². The molecule has 0 aromatic carbocycles. The average Bonchev–Trinajstić information content (AvgIpc) is 3.71. The highest BCUT2D eigenvalue weighted by Crippen LogP contribution is 2.49. The monoisotopic (exact) mass is 850 g/mol. The van der Waals surface area contributed by atoms with Gasteiger partial charge in [0.2, 0.25) is 6.29 Å². The number of allylic oxidation sites excluding steroid dienone is 1. The van der Waals surface area contributed by atoms with E-state index >= 15 is 0 Å². The smallest absolute Gasteiger partial charge is 0.337 e. The molecule has 10 N–H and O–H groups in total. The molecule has 3 saturated heterocycles. The van der Waals surface area contributed by atoms with Crippen molar-refractivity contribution in [1.82, 2.24) is 0 Å². The number of methoxy groups -OCH3 is 1. The Balaban J connectivity index is 1.19. The second kappa shape index (κ2) is 19.6. The minimum atomic E-state index is -1.95. The molecule has 0 spiro atoms. The second-order valence-electron chi connectivity index (χ2n) is 15.9. The summed E-state index contributed by atoms with van der Waals surface area (Å²) >= 11 is 0. The molecule has 21 heteroatoms. The van der Waals surface area contributed by atoms with E-state index in [0.29, 0.717) is 0 Å². The summed E-state index contributed by atoms with van der Waals surface area (Å²) in [5.74, 6) is -3.08. The molecule has 4 heterocycles. The van der Waals surface area contributed by atoms with Gasteiger partial charge in [0.1, 0.15) is 66.6 Å². The van der Waals surface area contributed by atoms with Crippen LogP contribution in [0, 0.1) is 17.8 Å². The van der Waals surface area contributed by atoms with Crippen molar-refractivity contribution in [3.63, 3.8) is 0 Å². The summed E-state index contributed by atoms with van der Waals surface area (Å²) in [4.78, 5) is 26.1. The normalized spacial score (nSPS) is 43.5. The molecule has 4 aliphatic heterocycles. The molecule has 4 fully saturated rings. The number of rotatable bonds is 16. The molecular weight excluding hydrogens is 792 g/mol. The summed E-state index contributed by atoms with van der Waals surface area (Å²) in [6.07, 6.45) is -15.8. The van der Waals surface area contributed by atoms with Crippen molar-refractivity contribution in [1.29, 1.82) is 0 Å². The van der Waals surface area contributed by atoms with Gasteiger partial charge in [0.15, 0.2) is 18.9 Å². The topological polar surface area (TPSA) is 320 Å². The quantitative estimate of drug-likeness (QED) is 0.0407. The number of hydrogen-bond acceptors (Lipinski definition) is 21. The van der Waals surface area contributed by atoms with Gasteiger partial charge in [-0.2, -0.15) is 0 Å². The van der Waals surface area contributed by atoms with Crippen molar-refractivity contribution in [2.24, 2.45) is 17.8 Å². The van der Waals surface area contributed by atoms with E-state index in [1.807, 2.05) is 0 Å². The van der Waals surface area contributed by atoms with Crippen molar-refractivity contribution in [3.05, 3.63) is 36.1 Å². The van der Waals surface area contributed by atoms with Crippen LogP contribution in [0.15, 0.2) is 36.1 Å². The average molecular weight is 851 g/mol. The van der Waals surface area contributed by atoms with Crippen LogP contribution in [0.25, 0.3) is 0 Å². The lowest BCUT2D eigenvalue weighted by atomic mass is 9.83. The van der Waals surface area contributed by atoms with Gasteiger partial charge in [0.25, 0.3) is 0 Å². The minimum absolute atomic E-state index is 0.165. The lowest BCUT2D eigenvalue weighted by molar-refractivity contribution is -0.342. The maximum atomic E-state index is 13.4. The van der Waals surface area contributed by atoms with Crippen LogP contribution in [0.4, 0.5) is 0 Å². The lowest BCUT2D eigenvalue weighted by Crippen LogP contribution is -2.61. The number of carbonyl (C=O) groups is 2. The highest BCUT2D eigenvalue weighted by atomic mass is 16.8. The van der Waals surface area contributed by atoms with Gasteiger partial charge in [-0.15, -0.1) is 6.58 Å². The van der Waals surface area contributed by atoms with E-state index in [-0.39, 0.29) is 30.4 Å². The molecule has 59 heavy (non-hydrogen) atoms. The Morgan fingerprint density at radius 2 is 1.59 bits per heavy atom. The van der Waals surface area contributed by atoms with E-state index in [9.17, 15) is 60.7 Å². The predicted octanol–water partition coefficient (Wildman–Crippen LogP) is -3.65. The largest absolute Gasteiger partial charge is 0.472 e. The molecule has 19 unspecified atom stereocenters. The summed E-state index contributed by atoms with van der Waals surface area (Å²) in [5.41, 5.74) is -2.78. The van der Waals surface area contributed by atoms with Gasteiger partial charge in [-0.1, -0.05) is 19.1 Å². The molecule has 0 aromatic rings. The zero-order valence-electron chi connectivity index (χ0n) is 33.2. The van der Waals surface area contributed by atoms with Crippen molar-refractivity contribution < 1.29 is 103 Å². The van der Waals surface area contributed by atoms with Gasteiger partial charge in [0, 0.05) is 23.3 Å². The SMILES string of the molecule is C=CC(C)(CCC=C(C)C(=O)OC1CC2C(C(=O)OC)=COC(OC3OC(CO)C(O)C(O)C3O)C2C1C)OC1OC(COC2OCC(O)(CO)C2O)C(O)C(O)C1O. The molecule has 0 amide bonds. The summed E-state index contributed by atoms with van der Waals surface area (Å²) in [5, 5.41) is 102. The van der Waals surface area contributed by atoms with Crippen molar-refractivity contribution in [2.75, 3.05) is 33.5 Å². The lowest BCUT2D eigenvalue weighted by Gasteiger charge is -2.43. The van der Waals surface area contributed by atoms with Crippen LogP contribution in [0.1, 0.15) is 40.0 Å². The molecule has 1 aliphatic carbocycles. The summed E-state index contributed by atoms with van der Waals surface area (Å²) in [6.45, 7) is 6.38. The summed E-state index contributed by atoms with van der Waals surface area (Å²) in [6, 6.07) is 0. The molecule has 0 radical (unpaired) electrons. The van der Waals surface area contributed by atoms with Gasteiger partial charge in [-0.3, -0.25) is 0 Å². The minimum Gasteiger partial charge on any atom is -0.472 e. The number of aliphatic hydroxyl groups excluding tert-OH is 9. The van der Waals surface area contributed by atoms with Gasteiger partial charge < -0.3 is 93.7 Å². The van der Waals surface area contributed by atoms with Gasteiger partial charge in [-0.05, 0) is 33.1 Å². The Labute approximate surface area is 339 Å². The molecule has 0 bridgehead atoms. The maximum absolute atomic E-state index is 13.4. The van der Waals surface area contributed by atoms with Crippen LogP contribution in [0.5, 0.6) is 0 Å². The Morgan fingerprint density at radius 3 is 2.20 bits per heavy atom. The maximum Gasteiger partial charge on any atom is 0.337 e. The van der Waals surface area contributed by atoms with E-state index < -0.39 is 154 Å². The van der Waals surface area contributed by atoms with Crippen LogP contribution in [-0.2, 0) is 52.2 Å². The third-order valence-electron chi connectivity index (χ3n) is 11.9. The summed E-state index contributed by atoms with van der Waals surface area (Å²) in [7, 11) is 1.20. The van der Waals surface area contributed by atoms with E-state index in [1.54, 1.807) is 19.9 Å². The fourth-order valence-corrected chi connectivity index (χ4v) is 7.87. The van der Waals surface area contributed by atoms with E-state index in [4.69, 9.17) is 42.6 Å². The van der Waals surface area contributed by atoms with Gasteiger partial charge in [-0.25, -0.2) is 9.59 Å². The predicted molar refractivity (Wildman–Crippen MR) is 194 cm³/mol. The Hall–Kier alpha value is -2.68. The highest BCUT2D eigenvalue weighted by molar-refractivity contribution is 5.89. The standard InChI is InChI=1S/C38H58O21/c1-6-37(4,59-35-29(46)27(44)25(42)22(57-35)13-53-36-30(47)38(50,14-40)15-54-36)9-7-8-16(2)31(48)55-20-10-18-19(32(49)51-5)12-52-33(23(18)17(20)3)58-34-28(45)26(43)24(41)21(11-39)56-34/h6,8,12,17-18,20-30,33-36,39-47,50H,1,7,9-11,13-15H2,2-5H3. The van der Waals surface area contributed by atoms with Gasteiger partial charge >= 0.3 is 11.9 Å². The zero-order chi connectivity index (χ0) is 43.6. The Bertz CT molecular complexity index is 1520. The first-order valence-corrected chi connectivity index (χ1v) is 19.4. The number of hydrogen-bond donors (Lipinski definition) is 10. The van der Waals surface area contributed by atoms with Crippen molar-refractivity contribution in [2.45, 2.75) is 137 Å². The fourth-order valence-electron chi connectivity index (χ4n) is 7.87.